The summed E-state index contributed by atoms with van der Waals surface area (Å²) in [7, 11) is 1.64. The van der Waals surface area contributed by atoms with Crippen molar-refractivity contribution in [2.45, 2.75) is 18.9 Å². The van der Waals surface area contributed by atoms with Gasteiger partial charge >= 0.3 is 0 Å². The second kappa shape index (κ2) is 6.02. The lowest BCUT2D eigenvalue weighted by Crippen LogP contribution is -2.44. The first-order valence-corrected chi connectivity index (χ1v) is 6.48. The topological polar surface area (TPSA) is 44.7 Å². The molecule has 1 aliphatic rings. The summed E-state index contributed by atoms with van der Waals surface area (Å²) in [6.07, 6.45) is 1.57. The van der Waals surface area contributed by atoms with Crippen molar-refractivity contribution in [1.82, 2.24) is 4.90 Å². The molecule has 1 atom stereocenters. The van der Waals surface area contributed by atoms with Gasteiger partial charge in [0.25, 0.3) is 0 Å². The molecule has 1 saturated heterocycles. The van der Waals surface area contributed by atoms with Gasteiger partial charge in [-0.2, -0.15) is 0 Å². The number of aliphatic hydroxyl groups excluding tert-OH is 1. The van der Waals surface area contributed by atoms with Crippen molar-refractivity contribution < 1.29 is 9.84 Å². The van der Waals surface area contributed by atoms with Crippen LogP contribution in [-0.4, -0.2) is 41.4 Å². The van der Waals surface area contributed by atoms with Crippen molar-refractivity contribution in [3.63, 3.8) is 0 Å². The largest absolute Gasteiger partial charge is 0.497 e. The standard InChI is InChI=1S/C13H18N2O2S/c1-17-12-6-4-10(5-7-12)14-13(18)15-8-2-3-11(16)9-15/h4-7,11,16H,2-3,8-9H2,1H3,(H,14,18)/t11-/m1/s1. The fourth-order valence-corrected chi connectivity index (χ4v) is 2.30. The van der Waals surface area contributed by atoms with Crippen LogP contribution in [0.4, 0.5) is 5.69 Å². The van der Waals surface area contributed by atoms with Crippen molar-refractivity contribution in [1.29, 1.82) is 0 Å². The fourth-order valence-electron chi connectivity index (χ4n) is 2.02. The summed E-state index contributed by atoms with van der Waals surface area (Å²) < 4.78 is 5.10. The number of nitrogens with zero attached hydrogens (tertiary/aromatic N) is 1. The Hall–Kier alpha value is -1.33. The molecule has 4 nitrogen and oxygen atoms in total. The van der Waals surface area contributed by atoms with Crippen molar-refractivity contribution in [3.05, 3.63) is 24.3 Å². The van der Waals surface area contributed by atoms with E-state index >= 15 is 0 Å². The molecule has 18 heavy (non-hydrogen) atoms. The van der Waals surface area contributed by atoms with Crippen LogP contribution in [0.15, 0.2) is 24.3 Å². The molecular formula is C13H18N2O2S. The smallest absolute Gasteiger partial charge is 0.173 e. The van der Waals surface area contributed by atoms with E-state index in [0.29, 0.717) is 11.7 Å². The molecule has 0 aliphatic carbocycles. The summed E-state index contributed by atoms with van der Waals surface area (Å²) in [6, 6.07) is 7.61. The average molecular weight is 266 g/mol. The van der Waals surface area contributed by atoms with Crippen LogP contribution in [0.25, 0.3) is 0 Å². The van der Waals surface area contributed by atoms with Crippen LogP contribution in [0.5, 0.6) is 5.75 Å². The van der Waals surface area contributed by atoms with E-state index in [1.165, 1.54) is 0 Å². The van der Waals surface area contributed by atoms with E-state index in [-0.39, 0.29) is 6.10 Å². The highest BCUT2D eigenvalue weighted by Crippen LogP contribution is 2.17. The van der Waals surface area contributed by atoms with E-state index in [1.54, 1.807) is 7.11 Å². The molecule has 0 radical (unpaired) electrons. The maximum atomic E-state index is 9.62. The van der Waals surface area contributed by atoms with Gasteiger partial charge < -0.3 is 20.1 Å². The zero-order valence-electron chi connectivity index (χ0n) is 10.4. The third-order valence-electron chi connectivity index (χ3n) is 3.03. The number of piperidine rings is 1. The number of benzene rings is 1. The van der Waals surface area contributed by atoms with Gasteiger partial charge in [-0.1, -0.05) is 0 Å². The first-order valence-electron chi connectivity index (χ1n) is 6.07. The first kappa shape index (κ1) is 13.1. The number of methoxy groups -OCH3 is 1. The molecule has 0 bridgehead atoms. The predicted molar refractivity (Wildman–Crippen MR) is 76.0 cm³/mol. The minimum atomic E-state index is -0.269. The van der Waals surface area contributed by atoms with Gasteiger partial charge in [-0.25, -0.2) is 0 Å². The minimum absolute atomic E-state index is 0.269. The molecule has 0 aromatic heterocycles. The molecule has 98 valence electrons. The Morgan fingerprint density at radius 2 is 2.17 bits per heavy atom. The van der Waals surface area contributed by atoms with Gasteiger partial charge in [0, 0.05) is 18.8 Å². The molecule has 0 amide bonds. The zero-order valence-corrected chi connectivity index (χ0v) is 11.2. The normalized spacial score (nSPS) is 19.4. The third kappa shape index (κ3) is 3.34. The lowest BCUT2D eigenvalue weighted by Gasteiger charge is -2.32. The quantitative estimate of drug-likeness (QED) is 0.800. The number of likely N-dealkylation sites (tertiary alicyclic amines) is 1. The highest BCUT2D eigenvalue weighted by Gasteiger charge is 2.19. The Morgan fingerprint density at radius 1 is 1.44 bits per heavy atom. The molecule has 2 rings (SSSR count). The molecule has 0 unspecified atom stereocenters. The molecule has 1 aliphatic heterocycles. The lowest BCUT2D eigenvalue weighted by molar-refractivity contribution is 0.104. The van der Waals surface area contributed by atoms with Crippen LogP contribution in [0.1, 0.15) is 12.8 Å². The Balaban J connectivity index is 1.93. The Kier molecular flexibility index (Phi) is 4.38. The number of nitrogens with one attached hydrogen (secondary N) is 1. The van der Waals surface area contributed by atoms with Crippen LogP contribution in [-0.2, 0) is 0 Å². The summed E-state index contributed by atoms with van der Waals surface area (Å²) in [5.74, 6) is 0.819. The molecule has 5 heteroatoms. The molecule has 2 N–H and O–H groups in total. The molecule has 1 aromatic rings. The Morgan fingerprint density at radius 3 is 2.78 bits per heavy atom. The van der Waals surface area contributed by atoms with Gasteiger partial charge in [-0.15, -0.1) is 0 Å². The minimum Gasteiger partial charge on any atom is -0.497 e. The second-order valence-corrected chi connectivity index (χ2v) is 4.79. The summed E-state index contributed by atoms with van der Waals surface area (Å²) in [6.45, 7) is 1.51. The van der Waals surface area contributed by atoms with Crippen molar-refractivity contribution in [2.75, 3.05) is 25.5 Å². The number of β-amino-alcohol motifs (C(OH)–C–C–N with tert-alkyl or cyclic N) is 1. The van der Waals surface area contributed by atoms with Crippen LogP contribution in [0.2, 0.25) is 0 Å². The number of rotatable bonds is 2. The van der Waals surface area contributed by atoms with Gasteiger partial charge in [-0.3, -0.25) is 0 Å². The molecule has 0 spiro atoms. The second-order valence-electron chi connectivity index (χ2n) is 4.40. The van der Waals surface area contributed by atoms with E-state index in [1.807, 2.05) is 29.2 Å². The monoisotopic (exact) mass is 266 g/mol. The van der Waals surface area contributed by atoms with Gasteiger partial charge in [-0.05, 0) is 49.3 Å². The van der Waals surface area contributed by atoms with Crippen molar-refractivity contribution >= 4 is 23.0 Å². The fraction of sp³-hybridized carbons (Fsp3) is 0.462. The van der Waals surface area contributed by atoms with Crippen LogP contribution in [0.3, 0.4) is 0 Å². The number of aliphatic hydroxyl groups is 1. The molecule has 1 fully saturated rings. The maximum Gasteiger partial charge on any atom is 0.173 e. The SMILES string of the molecule is COc1ccc(NC(=S)N2CCC[C@@H](O)C2)cc1. The number of hydrogen-bond donors (Lipinski definition) is 2. The Bertz CT molecular complexity index is 408. The van der Waals surface area contributed by atoms with E-state index in [9.17, 15) is 5.11 Å². The van der Waals surface area contributed by atoms with Gasteiger partial charge in [0.2, 0.25) is 0 Å². The number of thiocarbonyl (C=S) groups is 1. The summed E-state index contributed by atoms with van der Waals surface area (Å²) >= 11 is 5.34. The van der Waals surface area contributed by atoms with Crippen molar-refractivity contribution in [2.24, 2.45) is 0 Å². The van der Waals surface area contributed by atoms with Gasteiger partial charge in [0.05, 0.1) is 13.2 Å². The van der Waals surface area contributed by atoms with E-state index in [0.717, 1.165) is 30.8 Å². The van der Waals surface area contributed by atoms with Crippen LogP contribution >= 0.6 is 12.2 Å². The predicted octanol–water partition coefficient (Wildman–Crippen LogP) is 1.85. The third-order valence-corrected chi connectivity index (χ3v) is 3.39. The number of anilines is 1. The van der Waals surface area contributed by atoms with E-state index < -0.39 is 0 Å². The highest BCUT2D eigenvalue weighted by molar-refractivity contribution is 7.80. The molecule has 1 heterocycles. The van der Waals surface area contributed by atoms with E-state index in [2.05, 4.69) is 5.32 Å². The van der Waals surface area contributed by atoms with E-state index in [4.69, 9.17) is 17.0 Å². The average Bonchev–Trinajstić information content (AvgIpc) is 2.39. The lowest BCUT2D eigenvalue weighted by atomic mass is 10.1. The van der Waals surface area contributed by atoms with Crippen LogP contribution < -0.4 is 10.1 Å². The molecule has 1 aromatic carbocycles. The summed E-state index contributed by atoms with van der Waals surface area (Å²) in [4.78, 5) is 2.01. The van der Waals surface area contributed by atoms with Crippen LogP contribution in [0, 0.1) is 0 Å². The summed E-state index contributed by atoms with van der Waals surface area (Å²) in [5, 5.41) is 13.5. The van der Waals surface area contributed by atoms with Crippen molar-refractivity contribution in [3.8, 4) is 5.75 Å². The first-order chi connectivity index (χ1) is 8.69. The van der Waals surface area contributed by atoms with Gasteiger partial charge in [0.1, 0.15) is 5.75 Å². The molecular weight excluding hydrogens is 248 g/mol. The number of hydrogen-bond acceptors (Lipinski definition) is 3. The number of ether oxygens (including phenoxy) is 1. The summed E-state index contributed by atoms with van der Waals surface area (Å²) in [5.41, 5.74) is 0.931. The zero-order chi connectivity index (χ0) is 13.0. The Labute approximate surface area is 113 Å². The van der Waals surface area contributed by atoms with Gasteiger partial charge in [0.15, 0.2) is 5.11 Å². The maximum absolute atomic E-state index is 9.62. The molecule has 0 saturated carbocycles. The highest BCUT2D eigenvalue weighted by atomic mass is 32.1.